The first kappa shape index (κ1) is 14.5. The van der Waals surface area contributed by atoms with Gasteiger partial charge in [0.1, 0.15) is 0 Å². The van der Waals surface area contributed by atoms with Crippen LogP contribution in [0.25, 0.3) is 0 Å². The van der Waals surface area contributed by atoms with E-state index in [1.54, 1.807) is 0 Å². The Morgan fingerprint density at radius 3 is 1.81 bits per heavy atom. The molecule has 1 aliphatic rings. The van der Waals surface area contributed by atoms with Crippen LogP contribution in [0.3, 0.4) is 0 Å². The van der Waals surface area contributed by atoms with E-state index in [9.17, 15) is 0 Å². The highest BCUT2D eigenvalue weighted by Gasteiger charge is 2.63. The quantitative estimate of drug-likeness (QED) is 0.698. The topological polar surface area (TPSA) is 6.48 Å². The molecule has 16 heavy (non-hydrogen) atoms. The normalized spacial score (nSPS) is 23.1. The lowest BCUT2D eigenvalue weighted by molar-refractivity contribution is -1.04. The van der Waals surface area contributed by atoms with E-state index in [2.05, 4.69) is 44.6 Å². The fourth-order valence-electron chi connectivity index (χ4n) is 2.41. The molecule has 1 rings (SSSR count). The highest BCUT2D eigenvalue weighted by Crippen LogP contribution is 2.45. The highest BCUT2D eigenvalue weighted by molar-refractivity contribution is 6.23. The lowest BCUT2D eigenvalue weighted by Crippen LogP contribution is -2.80. The van der Waals surface area contributed by atoms with Gasteiger partial charge in [-0.15, -0.1) is 0 Å². The monoisotopic (exact) mass is 268 g/mol. The van der Waals surface area contributed by atoms with Crippen LogP contribution in [0, 0.1) is 0 Å². The summed E-state index contributed by atoms with van der Waals surface area (Å²) in [6.45, 7) is 10.7. The Morgan fingerprint density at radius 2 is 1.50 bits per heavy atom. The second kappa shape index (κ2) is 5.40. The Labute approximate surface area is 110 Å². The maximum atomic E-state index is 6.35. The van der Waals surface area contributed by atoms with Crippen LogP contribution in [0.5, 0.6) is 0 Å². The molecule has 1 fully saturated rings. The summed E-state index contributed by atoms with van der Waals surface area (Å²) in [7, 11) is 0. The Balaban J connectivity index is 2.76. The average Bonchev–Trinajstić information content (AvgIpc) is 2.09. The molecule has 0 aromatic rings. The van der Waals surface area contributed by atoms with Crippen LogP contribution in [0.1, 0.15) is 53.9 Å². The zero-order chi connectivity index (χ0) is 12.5. The molecular formula is C11H24Cl2N3+. The minimum atomic E-state index is -0.135. The number of halogens is 2. The van der Waals surface area contributed by atoms with Gasteiger partial charge in [-0.25, -0.2) is 0 Å². The van der Waals surface area contributed by atoms with Crippen LogP contribution >= 0.6 is 23.6 Å². The van der Waals surface area contributed by atoms with Gasteiger partial charge in [0, 0.05) is 3.74 Å². The third-order valence-corrected chi connectivity index (χ3v) is 3.74. The molecule has 1 saturated heterocycles. The van der Waals surface area contributed by atoms with Gasteiger partial charge >= 0.3 is 0 Å². The van der Waals surface area contributed by atoms with Crippen molar-refractivity contribution in [2.24, 2.45) is 0 Å². The van der Waals surface area contributed by atoms with Gasteiger partial charge in [0.25, 0.3) is 0 Å². The fourth-order valence-corrected chi connectivity index (χ4v) is 3.51. The molecule has 0 aromatic carbocycles. The fraction of sp³-hybridized carbons (Fsp3) is 1.00. The second-order valence-electron chi connectivity index (χ2n) is 5.03. The molecule has 5 heteroatoms. The molecule has 0 aliphatic carbocycles. The van der Waals surface area contributed by atoms with Crippen molar-refractivity contribution in [3.63, 3.8) is 0 Å². The second-order valence-corrected chi connectivity index (χ2v) is 6.14. The van der Waals surface area contributed by atoms with Crippen LogP contribution in [0.2, 0.25) is 0 Å². The molecule has 0 unspecified atom stereocenters. The van der Waals surface area contributed by atoms with E-state index in [1.807, 2.05) is 0 Å². The van der Waals surface area contributed by atoms with Crippen LogP contribution < -0.4 is 0 Å². The van der Waals surface area contributed by atoms with Crippen molar-refractivity contribution in [2.45, 2.75) is 72.1 Å². The summed E-state index contributed by atoms with van der Waals surface area (Å²) < 4.78 is -0.135. The summed E-state index contributed by atoms with van der Waals surface area (Å²) in [4.78, 5) is 0. The molecule has 0 radical (unpaired) electrons. The first-order valence-corrected chi connectivity index (χ1v) is 6.87. The van der Waals surface area contributed by atoms with Gasteiger partial charge in [0.2, 0.25) is 23.6 Å². The Bertz CT molecular complexity index is 213. The lowest BCUT2D eigenvalue weighted by atomic mass is 10.1. The summed E-state index contributed by atoms with van der Waals surface area (Å²) in [6, 6.07) is 0.707. The predicted octanol–water partition coefficient (Wildman–Crippen LogP) is 3.89. The number of unbranched alkanes of at least 4 members (excludes halogenated alkanes) is 1. The molecular weight excluding hydrogens is 245 g/mol. The van der Waals surface area contributed by atoms with Gasteiger partial charge in [0.15, 0.2) is 6.17 Å². The van der Waals surface area contributed by atoms with Crippen molar-refractivity contribution in [3.8, 4) is 0 Å². The minimum Gasteiger partial charge on any atom is -0.0736 e. The summed E-state index contributed by atoms with van der Waals surface area (Å²) >= 11 is 12.7. The number of hydrogen-bond acceptors (Lipinski definition) is 2. The molecule has 1 aliphatic heterocycles. The van der Waals surface area contributed by atoms with Crippen LogP contribution in [0.4, 0.5) is 0 Å². The van der Waals surface area contributed by atoms with Crippen molar-refractivity contribution < 1.29 is 3.74 Å². The lowest BCUT2D eigenvalue weighted by Gasteiger charge is -2.56. The Hall–Kier alpha value is 0.460. The van der Waals surface area contributed by atoms with Crippen molar-refractivity contribution >= 4 is 23.6 Å². The van der Waals surface area contributed by atoms with Crippen molar-refractivity contribution in [1.82, 2.24) is 10.0 Å². The van der Waals surface area contributed by atoms with Crippen molar-refractivity contribution in [3.05, 3.63) is 0 Å². The zero-order valence-electron chi connectivity index (χ0n) is 11.0. The SMILES string of the molecule is CCCCC1N(C(C)C)[N+](Cl)(Cl)N1C(C)C. The summed E-state index contributed by atoms with van der Waals surface area (Å²) in [5.74, 6) is 0. The average molecular weight is 269 g/mol. The maximum Gasteiger partial charge on any atom is 0.236 e. The molecule has 0 amide bonds. The molecule has 0 N–H and O–H groups in total. The van der Waals surface area contributed by atoms with Crippen molar-refractivity contribution in [2.75, 3.05) is 0 Å². The largest absolute Gasteiger partial charge is 0.236 e. The summed E-state index contributed by atoms with van der Waals surface area (Å²) in [6.07, 6.45) is 3.92. The van der Waals surface area contributed by atoms with Gasteiger partial charge in [-0.3, -0.25) is 0 Å². The Morgan fingerprint density at radius 1 is 1.06 bits per heavy atom. The molecule has 3 nitrogen and oxygen atoms in total. The molecule has 0 aromatic heterocycles. The van der Waals surface area contributed by atoms with Crippen LogP contribution in [-0.2, 0) is 0 Å². The van der Waals surface area contributed by atoms with Gasteiger partial charge in [-0.05, 0) is 34.1 Å². The smallest absolute Gasteiger partial charge is 0.0736 e. The van der Waals surface area contributed by atoms with Crippen LogP contribution in [0.15, 0.2) is 0 Å². The van der Waals surface area contributed by atoms with E-state index in [-0.39, 0.29) is 3.74 Å². The first-order chi connectivity index (χ1) is 7.34. The van der Waals surface area contributed by atoms with E-state index < -0.39 is 0 Å². The van der Waals surface area contributed by atoms with Gasteiger partial charge in [-0.1, -0.05) is 29.8 Å². The zero-order valence-corrected chi connectivity index (χ0v) is 12.5. The maximum absolute atomic E-state index is 6.35. The predicted molar refractivity (Wildman–Crippen MR) is 69.2 cm³/mol. The third kappa shape index (κ3) is 2.49. The molecule has 0 saturated carbocycles. The van der Waals surface area contributed by atoms with Gasteiger partial charge in [-0.2, -0.15) is 0 Å². The Kier molecular flexibility index (Phi) is 4.90. The van der Waals surface area contributed by atoms with E-state index in [0.29, 0.717) is 18.2 Å². The van der Waals surface area contributed by atoms with Crippen molar-refractivity contribution in [1.29, 1.82) is 0 Å². The molecule has 0 atom stereocenters. The molecule has 1 heterocycles. The van der Waals surface area contributed by atoms with E-state index in [1.165, 1.54) is 12.8 Å². The van der Waals surface area contributed by atoms with Gasteiger partial charge < -0.3 is 0 Å². The number of rotatable bonds is 5. The van der Waals surface area contributed by atoms with E-state index in [4.69, 9.17) is 23.6 Å². The summed E-state index contributed by atoms with van der Waals surface area (Å²) in [5, 5.41) is 4.28. The molecule has 0 bridgehead atoms. The number of hydrogen-bond donors (Lipinski definition) is 0. The number of quaternary nitrogens is 1. The van der Waals surface area contributed by atoms with Gasteiger partial charge in [0.05, 0.1) is 12.1 Å². The van der Waals surface area contributed by atoms with E-state index in [0.717, 1.165) is 6.42 Å². The standard InChI is InChI=1S/C11H24Cl2N3/c1-6-7-8-11-14(9(2)3)16(12,13)15(11)10(4)5/h9-11H,6-8H2,1-5H3/q+1. The van der Waals surface area contributed by atoms with E-state index >= 15 is 0 Å². The molecule has 0 spiro atoms. The van der Waals surface area contributed by atoms with Crippen LogP contribution in [-0.4, -0.2) is 32.0 Å². The highest BCUT2D eigenvalue weighted by atomic mass is 35.5. The molecule has 96 valence electrons. The third-order valence-electron chi connectivity index (χ3n) is 3.04. The summed E-state index contributed by atoms with van der Waals surface area (Å²) in [5.41, 5.74) is 0. The minimum absolute atomic E-state index is 0.135. The number of nitrogens with zero attached hydrogens (tertiary/aromatic N) is 3. The first-order valence-electron chi connectivity index (χ1n) is 6.20.